The van der Waals surface area contributed by atoms with E-state index in [1.807, 2.05) is 37.3 Å². The topological polar surface area (TPSA) is 45.1 Å². The number of ether oxygens (including phenoxy) is 1. The number of hydrogen-bond donors (Lipinski definition) is 0. The molecule has 0 atom stereocenters. The number of benzene rings is 3. The van der Waals surface area contributed by atoms with Crippen molar-refractivity contribution in [1.29, 1.82) is 0 Å². The summed E-state index contributed by atoms with van der Waals surface area (Å²) in [5.74, 6) is 0.612. The van der Waals surface area contributed by atoms with Crippen molar-refractivity contribution < 1.29 is 9.53 Å². The lowest BCUT2D eigenvalue weighted by Crippen LogP contribution is -2.47. The quantitative estimate of drug-likeness (QED) is 0.529. The Hall–Kier alpha value is -3.25. The third-order valence-corrected chi connectivity index (χ3v) is 6.82. The van der Waals surface area contributed by atoms with Crippen LogP contribution >= 0.6 is 11.8 Å². The molecular weight excluding hydrogens is 418 g/mol. The first-order chi connectivity index (χ1) is 15.7. The van der Waals surface area contributed by atoms with Gasteiger partial charge in [-0.3, -0.25) is 4.79 Å². The van der Waals surface area contributed by atoms with Crippen molar-refractivity contribution in [2.45, 2.75) is 6.92 Å². The molecule has 2 aliphatic heterocycles. The molecule has 1 saturated heterocycles. The molecule has 5 nitrogen and oxygen atoms in total. The van der Waals surface area contributed by atoms with Crippen molar-refractivity contribution in [3.05, 3.63) is 77.2 Å². The highest BCUT2D eigenvalue weighted by molar-refractivity contribution is 8.18. The standard InChI is InChI=1S/C26H25N3O2S/c1-2-31-23-13-6-4-9-20(23)18-24-25(30)27-26(32-24)29-16-14-28(15-17-29)22-12-7-10-19-8-3-5-11-21(19)22/h3-13,18H,2,14-17H2,1H3/b24-18-. The molecule has 162 valence electrons. The van der Waals surface area contributed by atoms with Crippen LogP contribution in [-0.4, -0.2) is 48.8 Å². The number of piperazine rings is 1. The molecule has 0 saturated carbocycles. The second kappa shape index (κ2) is 9.09. The molecular formula is C26H25N3O2S. The second-order valence-electron chi connectivity index (χ2n) is 7.75. The van der Waals surface area contributed by atoms with Gasteiger partial charge in [-0.25, -0.2) is 0 Å². The zero-order valence-electron chi connectivity index (χ0n) is 18.0. The van der Waals surface area contributed by atoms with Crippen LogP contribution in [0.25, 0.3) is 16.8 Å². The lowest BCUT2D eigenvalue weighted by atomic mass is 10.1. The number of nitrogens with zero attached hydrogens (tertiary/aromatic N) is 3. The Morgan fingerprint density at radius 2 is 1.66 bits per heavy atom. The zero-order valence-corrected chi connectivity index (χ0v) is 18.8. The van der Waals surface area contributed by atoms with Crippen LogP contribution in [0.15, 0.2) is 76.6 Å². The van der Waals surface area contributed by atoms with E-state index in [-0.39, 0.29) is 5.91 Å². The molecule has 3 aromatic rings. The zero-order chi connectivity index (χ0) is 21.9. The smallest absolute Gasteiger partial charge is 0.286 e. The molecule has 0 N–H and O–H groups in total. The normalized spacial score (nSPS) is 17.8. The first-order valence-electron chi connectivity index (χ1n) is 10.9. The number of rotatable bonds is 4. The molecule has 2 heterocycles. The first kappa shape index (κ1) is 20.6. The van der Waals surface area contributed by atoms with Crippen LogP contribution in [0, 0.1) is 0 Å². The fourth-order valence-corrected chi connectivity index (χ4v) is 5.14. The summed E-state index contributed by atoms with van der Waals surface area (Å²) in [7, 11) is 0. The van der Waals surface area contributed by atoms with Gasteiger partial charge in [0.2, 0.25) is 0 Å². The second-order valence-corrected chi connectivity index (χ2v) is 8.76. The van der Waals surface area contributed by atoms with Crippen molar-refractivity contribution in [3.8, 4) is 5.75 Å². The van der Waals surface area contributed by atoms with Crippen molar-refractivity contribution in [2.75, 3.05) is 37.7 Å². The molecule has 0 bridgehead atoms. The maximum atomic E-state index is 12.6. The van der Waals surface area contributed by atoms with Crippen molar-refractivity contribution in [2.24, 2.45) is 4.99 Å². The van der Waals surface area contributed by atoms with E-state index in [1.165, 1.54) is 28.2 Å². The van der Waals surface area contributed by atoms with Gasteiger partial charge in [0.1, 0.15) is 5.75 Å². The van der Waals surface area contributed by atoms with Gasteiger partial charge in [0.05, 0.1) is 11.5 Å². The summed E-state index contributed by atoms with van der Waals surface area (Å²) < 4.78 is 5.69. The van der Waals surface area contributed by atoms with E-state index in [0.29, 0.717) is 11.5 Å². The van der Waals surface area contributed by atoms with Gasteiger partial charge < -0.3 is 14.5 Å². The number of fused-ring (bicyclic) bond motifs is 1. The van der Waals surface area contributed by atoms with E-state index in [2.05, 4.69) is 57.3 Å². The third-order valence-electron chi connectivity index (χ3n) is 5.77. The largest absolute Gasteiger partial charge is 0.493 e. The molecule has 5 rings (SSSR count). The lowest BCUT2D eigenvalue weighted by molar-refractivity contribution is -0.113. The summed E-state index contributed by atoms with van der Waals surface area (Å²) >= 11 is 1.46. The molecule has 32 heavy (non-hydrogen) atoms. The van der Waals surface area contributed by atoms with Gasteiger partial charge in [0.25, 0.3) is 5.91 Å². The highest BCUT2D eigenvalue weighted by atomic mass is 32.2. The number of hydrogen-bond acceptors (Lipinski definition) is 5. The molecule has 2 aliphatic rings. The van der Waals surface area contributed by atoms with Crippen LogP contribution in [-0.2, 0) is 4.79 Å². The number of carbonyl (C=O) groups is 1. The van der Waals surface area contributed by atoms with Crippen molar-refractivity contribution in [1.82, 2.24) is 4.90 Å². The minimum atomic E-state index is -0.173. The summed E-state index contributed by atoms with van der Waals surface area (Å²) in [5.41, 5.74) is 2.18. The van der Waals surface area contributed by atoms with Crippen LogP contribution in [0.4, 0.5) is 5.69 Å². The Labute approximate surface area is 192 Å². The third kappa shape index (κ3) is 4.10. The number of anilines is 1. The van der Waals surface area contributed by atoms with Crippen LogP contribution < -0.4 is 9.64 Å². The van der Waals surface area contributed by atoms with Gasteiger partial charge in [-0.05, 0) is 42.3 Å². The van der Waals surface area contributed by atoms with E-state index >= 15 is 0 Å². The SMILES string of the molecule is CCOc1ccccc1/C=C1\SC(N2CCN(c3cccc4ccccc34)CC2)=NC1=O. The Morgan fingerprint density at radius 1 is 0.938 bits per heavy atom. The Kier molecular flexibility index (Phi) is 5.86. The molecule has 1 fully saturated rings. The number of para-hydroxylation sites is 1. The predicted octanol–water partition coefficient (Wildman–Crippen LogP) is 5.03. The minimum absolute atomic E-state index is 0.173. The monoisotopic (exact) mass is 443 g/mol. The number of carbonyl (C=O) groups excluding carboxylic acids is 1. The fourth-order valence-electron chi connectivity index (χ4n) is 4.18. The summed E-state index contributed by atoms with van der Waals surface area (Å²) in [5, 5.41) is 3.34. The molecule has 0 aromatic heterocycles. The molecule has 0 unspecified atom stereocenters. The lowest BCUT2D eigenvalue weighted by Gasteiger charge is -2.37. The molecule has 1 amide bonds. The summed E-state index contributed by atoms with van der Waals surface area (Å²) in [6.07, 6.45) is 1.89. The predicted molar refractivity (Wildman–Crippen MR) is 133 cm³/mol. The molecule has 0 aliphatic carbocycles. The van der Waals surface area contributed by atoms with Crippen molar-refractivity contribution >= 4 is 45.4 Å². The average Bonchev–Trinajstić information content (AvgIpc) is 3.20. The molecule has 0 radical (unpaired) electrons. The highest BCUT2D eigenvalue weighted by Gasteiger charge is 2.29. The Balaban J connectivity index is 1.28. The Bertz CT molecular complexity index is 1210. The summed E-state index contributed by atoms with van der Waals surface area (Å²) in [6.45, 7) is 6.01. The van der Waals surface area contributed by atoms with E-state index in [0.717, 1.165) is 42.7 Å². The number of thioether (sulfide) groups is 1. The molecule has 6 heteroatoms. The van der Waals surface area contributed by atoms with E-state index < -0.39 is 0 Å². The van der Waals surface area contributed by atoms with E-state index in [1.54, 1.807) is 0 Å². The first-order valence-corrected chi connectivity index (χ1v) is 11.8. The maximum absolute atomic E-state index is 12.6. The minimum Gasteiger partial charge on any atom is -0.493 e. The van der Waals surface area contributed by atoms with Gasteiger partial charge >= 0.3 is 0 Å². The number of aliphatic imine (C=N–C) groups is 1. The van der Waals surface area contributed by atoms with Crippen LogP contribution in [0.5, 0.6) is 5.75 Å². The van der Waals surface area contributed by atoms with Crippen LogP contribution in [0.3, 0.4) is 0 Å². The van der Waals surface area contributed by atoms with Gasteiger partial charge in [-0.15, -0.1) is 0 Å². The fraction of sp³-hybridized carbons (Fsp3) is 0.231. The summed E-state index contributed by atoms with van der Waals surface area (Å²) in [6, 6.07) is 22.8. The highest BCUT2D eigenvalue weighted by Crippen LogP contribution is 2.33. The van der Waals surface area contributed by atoms with Crippen LogP contribution in [0.2, 0.25) is 0 Å². The molecule has 0 spiro atoms. The van der Waals surface area contributed by atoms with E-state index in [9.17, 15) is 4.79 Å². The Morgan fingerprint density at radius 3 is 2.50 bits per heavy atom. The van der Waals surface area contributed by atoms with Gasteiger partial charge in [-0.2, -0.15) is 4.99 Å². The number of amides is 1. The van der Waals surface area contributed by atoms with Crippen molar-refractivity contribution in [3.63, 3.8) is 0 Å². The maximum Gasteiger partial charge on any atom is 0.286 e. The van der Waals surface area contributed by atoms with E-state index in [4.69, 9.17) is 4.74 Å². The summed E-state index contributed by atoms with van der Waals surface area (Å²) in [4.78, 5) is 22.2. The van der Waals surface area contributed by atoms with Gasteiger partial charge in [0, 0.05) is 42.8 Å². The number of amidine groups is 1. The molecule has 3 aromatic carbocycles. The average molecular weight is 444 g/mol. The van der Waals surface area contributed by atoms with Crippen LogP contribution in [0.1, 0.15) is 12.5 Å². The van der Waals surface area contributed by atoms with Gasteiger partial charge in [0.15, 0.2) is 5.17 Å². The van der Waals surface area contributed by atoms with Gasteiger partial charge in [-0.1, -0.05) is 54.6 Å².